The molecule has 0 bridgehead atoms. The Morgan fingerprint density at radius 3 is 2.58 bits per heavy atom. The van der Waals surface area contributed by atoms with Gasteiger partial charge in [0, 0.05) is 36.8 Å². The lowest BCUT2D eigenvalue weighted by Gasteiger charge is -2.38. The van der Waals surface area contributed by atoms with Crippen LogP contribution in [0.15, 0.2) is 30.5 Å². The molecular weight excluding hydrogens is 569 g/mol. The SMILES string of the molecule is CC[SH+](=O)n1cccc1CNC(=O)c1cc(Cl)c(CN2CCC[C@H](N(C)C(=O)OC(C)(C)C)C2)c(C(F)(F)F)c1. The van der Waals surface area contributed by atoms with Gasteiger partial charge in [-0.15, -0.1) is 0 Å². The van der Waals surface area contributed by atoms with Crippen molar-refractivity contribution in [3.05, 3.63) is 57.9 Å². The summed E-state index contributed by atoms with van der Waals surface area (Å²) in [4.78, 5) is 28.7. The van der Waals surface area contributed by atoms with Gasteiger partial charge in [0.15, 0.2) is 11.0 Å². The molecule has 40 heavy (non-hydrogen) atoms. The molecule has 0 radical (unpaired) electrons. The average Bonchev–Trinajstić information content (AvgIpc) is 3.34. The fraction of sp³-hybridized carbons (Fsp3) is 0.556. The molecule has 1 N–H and O–H groups in total. The zero-order chi connectivity index (χ0) is 29.8. The normalized spacial score (nSPS) is 17.4. The molecule has 2 aromatic rings. The van der Waals surface area contributed by atoms with E-state index in [0.29, 0.717) is 37.4 Å². The molecule has 13 heteroatoms. The maximum atomic E-state index is 14.2. The number of nitrogens with zero attached hydrogens (tertiary/aromatic N) is 3. The van der Waals surface area contributed by atoms with Gasteiger partial charge in [-0.3, -0.25) is 9.69 Å². The summed E-state index contributed by atoms with van der Waals surface area (Å²) in [5.41, 5.74) is -1.42. The summed E-state index contributed by atoms with van der Waals surface area (Å²) in [5.74, 6) is -0.318. The van der Waals surface area contributed by atoms with Crippen LogP contribution in [0.3, 0.4) is 0 Å². The van der Waals surface area contributed by atoms with Crippen molar-refractivity contribution in [2.75, 3.05) is 25.9 Å². The number of carbonyl (C=O) groups excluding carboxylic acids is 2. The fourth-order valence-electron chi connectivity index (χ4n) is 4.57. The topological polar surface area (TPSA) is 83.9 Å². The summed E-state index contributed by atoms with van der Waals surface area (Å²) >= 11 is 6.38. The van der Waals surface area contributed by atoms with Crippen LogP contribution in [0.1, 0.15) is 67.7 Å². The van der Waals surface area contributed by atoms with E-state index in [4.69, 9.17) is 16.3 Å². The smallest absolute Gasteiger partial charge is 0.416 e. The van der Waals surface area contributed by atoms with Gasteiger partial charge < -0.3 is 15.0 Å². The number of likely N-dealkylation sites (tertiary alicyclic amines) is 1. The Morgan fingerprint density at radius 1 is 1.25 bits per heavy atom. The first-order chi connectivity index (χ1) is 18.6. The second-order valence-corrected chi connectivity index (χ2v) is 13.0. The quantitative estimate of drug-likeness (QED) is 0.322. The number of halogens is 4. The Balaban J connectivity index is 1.77. The lowest BCUT2D eigenvalue weighted by molar-refractivity contribution is -0.138. The molecule has 1 aliphatic heterocycles. The van der Waals surface area contributed by atoms with E-state index >= 15 is 0 Å². The molecule has 1 fully saturated rings. The monoisotopic (exact) mass is 605 g/mol. The number of hydrogen-bond acceptors (Lipinski definition) is 5. The van der Waals surface area contributed by atoms with Gasteiger partial charge in [0.2, 0.25) is 0 Å². The summed E-state index contributed by atoms with van der Waals surface area (Å²) in [7, 11) is -0.0606. The molecule has 1 saturated heterocycles. The van der Waals surface area contributed by atoms with E-state index in [1.54, 1.807) is 57.0 Å². The minimum atomic E-state index is -4.74. The maximum absolute atomic E-state index is 14.2. The third-order valence-corrected chi connectivity index (χ3v) is 8.35. The number of benzene rings is 1. The van der Waals surface area contributed by atoms with Gasteiger partial charge in [-0.1, -0.05) is 15.8 Å². The lowest BCUT2D eigenvalue weighted by Crippen LogP contribution is -2.49. The van der Waals surface area contributed by atoms with E-state index in [0.717, 1.165) is 6.07 Å². The standard InChI is InChI=1S/C27H36ClF3N4O4S/c1-6-40(38)35-12-8-9-19(35)15-32-24(36)18-13-22(27(29,30)31)21(23(28)14-18)17-34-11-7-10-20(16-34)33(5)25(37)39-26(2,3)4/h8-9,12-14,20H,6-7,10-11,15-17H2,1-5H3,(H,32,36)/p+1/t20-,40?/m0/s1. The second kappa shape index (κ2) is 12.9. The zero-order valence-corrected chi connectivity index (χ0v) is 25.0. The highest BCUT2D eigenvalue weighted by Crippen LogP contribution is 2.37. The number of aromatic nitrogens is 1. The van der Waals surface area contributed by atoms with Crippen LogP contribution in [0, 0.1) is 0 Å². The minimum Gasteiger partial charge on any atom is -0.444 e. The molecule has 2 heterocycles. The van der Waals surface area contributed by atoms with Crippen LogP contribution < -0.4 is 5.32 Å². The predicted molar refractivity (Wildman–Crippen MR) is 150 cm³/mol. The molecule has 8 nitrogen and oxygen atoms in total. The van der Waals surface area contributed by atoms with Gasteiger partial charge in [-0.2, -0.15) is 17.1 Å². The number of thiol groups is 1. The molecule has 222 valence electrons. The molecule has 2 amide bonds. The number of rotatable bonds is 8. The first-order valence-corrected chi connectivity index (χ1v) is 14.9. The first-order valence-electron chi connectivity index (χ1n) is 13.1. The lowest BCUT2D eigenvalue weighted by atomic mass is 9.99. The van der Waals surface area contributed by atoms with E-state index in [9.17, 15) is 27.0 Å². The molecule has 0 saturated carbocycles. The molecule has 0 aliphatic carbocycles. The van der Waals surface area contributed by atoms with E-state index < -0.39 is 40.3 Å². The van der Waals surface area contributed by atoms with Crippen LogP contribution in [-0.4, -0.2) is 63.3 Å². The van der Waals surface area contributed by atoms with Crippen LogP contribution >= 0.6 is 11.6 Å². The van der Waals surface area contributed by atoms with Crippen LogP contribution in [-0.2, 0) is 39.2 Å². The largest absolute Gasteiger partial charge is 0.444 e. The van der Waals surface area contributed by atoms with Crippen LogP contribution in [0.4, 0.5) is 18.0 Å². The van der Waals surface area contributed by atoms with Crippen LogP contribution in [0.2, 0.25) is 5.02 Å². The maximum Gasteiger partial charge on any atom is 0.416 e. The molecule has 1 aromatic heterocycles. The Bertz CT molecular complexity index is 1250. The minimum absolute atomic E-state index is 0.00599. The van der Waals surface area contributed by atoms with Crippen molar-refractivity contribution in [2.45, 2.75) is 71.4 Å². The van der Waals surface area contributed by atoms with Crippen molar-refractivity contribution in [3.8, 4) is 0 Å². The molecule has 1 aromatic carbocycles. The number of piperidine rings is 1. The van der Waals surface area contributed by atoms with Gasteiger partial charge in [0.05, 0.1) is 24.0 Å². The Kier molecular flexibility index (Phi) is 10.3. The van der Waals surface area contributed by atoms with E-state index in [1.165, 1.54) is 11.0 Å². The third kappa shape index (κ3) is 8.23. The molecule has 1 unspecified atom stereocenters. The highest BCUT2D eigenvalue weighted by molar-refractivity contribution is 7.83. The molecule has 1 aliphatic rings. The van der Waals surface area contributed by atoms with Crippen molar-refractivity contribution in [1.82, 2.24) is 19.1 Å². The summed E-state index contributed by atoms with van der Waals surface area (Å²) < 4.78 is 61.7. The number of ether oxygens (including phenoxy) is 1. The summed E-state index contributed by atoms with van der Waals surface area (Å²) in [5, 5.41) is 2.43. The number of hydrogen-bond donors (Lipinski definition) is 1. The zero-order valence-electron chi connectivity index (χ0n) is 23.3. The van der Waals surface area contributed by atoms with Gasteiger partial charge in [-0.25, -0.2) is 4.79 Å². The molecule has 2 atom stereocenters. The van der Waals surface area contributed by atoms with E-state index in [1.807, 2.05) is 4.90 Å². The summed E-state index contributed by atoms with van der Waals surface area (Å²) in [6.07, 6.45) is -2.22. The number of amides is 2. The van der Waals surface area contributed by atoms with Gasteiger partial charge in [0.25, 0.3) is 5.91 Å². The van der Waals surface area contributed by atoms with Gasteiger partial charge >= 0.3 is 12.3 Å². The Labute approximate surface area is 240 Å². The predicted octanol–water partition coefficient (Wildman–Crippen LogP) is 5.40. The van der Waals surface area contributed by atoms with Crippen molar-refractivity contribution in [3.63, 3.8) is 0 Å². The molecule has 0 spiro atoms. The van der Waals surface area contributed by atoms with Gasteiger partial charge in [-0.05, 0) is 76.9 Å². The number of alkyl halides is 3. The van der Waals surface area contributed by atoms with Crippen LogP contribution in [0.5, 0.6) is 0 Å². The second-order valence-electron chi connectivity index (χ2n) is 10.8. The summed E-state index contributed by atoms with van der Waals surface area (Å²) in [6.45, 7) is 7.86. The van der Waals surface area contributed by atoms with Crippen molar-refractivity contribution < 1.29 is 31.7 Å². The first kappa shape index (κ1) is 32.0. The van der Waals surface area contributed by atoms with E-state index in [-0.39, 0.29) is 35.3 Å². The molecule has 3 rings (SSSR count). The fourth-order valence-corrected chi connectivity index (χ4v) is 5.80. The van der Waals surface area contributed by atoms with Crippen LogP contribution in [0.25, 0.3) is 0 Å². The van der Waals surface area contributed by atoms with Crippen molar-refractivity contribution in [2.24, 2.45) is 0 Å². The number of carbonyl (C=O) groups is 2. The Hall–Kier alpha value is -2.57. The highest BCUT2D eigenvalue weighted by Gasteiger charge is 2.37. The van der Waals surface area contributed by atoms with Gasteiger partial charge in [0.1, 0.15) is 11.4 Å². The van der Waals surface area contributed by atoms with E-state index in [2.05, 4.69) is 5.32 Å². The number of likely N-dealkylation sites (N-methyl/N-ethyl adjacent to an activating group) is 1. The van der Waals surface area contributed by atoms with Crippen molar-refractivity contribution in [1.29, 1.82) is 0 Å². The third-order valence-electron chi connectivity index (χ3n) is 6.61. The van der Waals surface area contributed by atoms with Crippen molar-refractivity contribution >= 4 is 34.6 Å². The molecular formula is C27H37ClF3N4O4S+. The highest BCUT2D eigenvalue weighted by atomic mass is 35.5. The summed E-state index contributed by atoms with van der Waals surface area (Å²) in [6, 6.07) is 5.20. The number of nitrogens with one attached hydrogen (secondary N) is 1. The Morgan fingerprint density at radius 2 is 1.95 bits per heavy atom. The average molecular weight is 606 g/mol.